The summed E-state index contributed by atoms with van der Waals surface area (Å²) in [6.07, 6.45) is 6.96. The molecule has 3 unspecified atom stereocenters. The molecular formula is C17H31NO. The molecule has 0 saturated heterocycles. The zero-order valence-corrected chi connectivity index (χ0v) is 12.9. The second-order valence-corrected chi connectivity index (χ2v) is 7.00. The minimum absolute atomic E-state index is 0.143. The summed E-state index contributed by atoms with van der Waals surface area (Å²) in [6, 6.07) is 0. The van der Waals surface area contributed by atoms with Crippen LogP contribution in [0, 0.1) is 17.3 Å². The van der Waals surface area contributed by atoms with E-state index in [2.05, 4.69) is 38.8 Å². The molecule has 19 heavy (non-hydrogen) atoms. The highest BCUT2D eigenvalue weighted by Crippen LogP contribution is 2.40. The maximum absolute atomic E-state index is 10.3. The number of nitrogens with zero attached hydrogens (tertiary/aromatic N) is 1. The summed E-state index contributed by atoms with van der Waals surface area (Å²) < 4.78 is 0. The Labute approximate surface area is 119 Å². The summed E-state index contributed by atoms with van der Waals surface area (Å²) in [5.41, 5.74) is 0.347. The Kier molecular flexibility index (Phi) is 6.28. The van der Waals surface area contributed by atoms with E-state index in [1.165, 1.54) is 0 Å². The lowest BCUT2D eigenvalue weighted by Gasteiger charge is -2.41. The van der Waals surface area contributed by atoms with E-state index >= 15 is 0 Å². The molecule has 0 spiro atoms. The van der Waals surface area contributed by atoms with E-state index in [9.17, 15) is 5.11 Å². The first-order chi connectivity index (χ1) is 8.88. The van der Waals surface area contributed by atoms with E-state index < -0.39 is 0 Å². The van der Waals surface area contributed by atoms with Gasteiger partial charge < -0.3 is 5.11 Å². The van der Waals surface area contributed by atoms with Gasteiger partial charge in [0.25, 0.3) is 0 Å². The van der Waals surface area contributed by atoms with Crippen LogP contribution in [0.4, 0.5) is 0 Å². The molecule has 0 amide bonds. The van der Waals surface area contributed by atoms with Gasteiger partial charge in [-0.2, -0.15) is 0 Å². The molecule has 0 radical (unpaired) electrons. The van der Waals surface area contributed by atoms with Crippen LogP contribution in [0.1, 0.15) is 40.0 Å². The molecule has 1 saturated carbocycles. The van der Waals surface area contributed by atoms with Crippen LogP contribution in [0.3, 0.4) is 0 Å². The number of aliphatic hydroxyl groups excluding tert-OH is 1. The second kappa shape index (κ2) is 7.25. The van der Waals surface area contributed by atoms with Gasteiger partial charge in [-0.3, -0.25) is 4.90 Å². The molecule has 2 nitrogen and oxygen atoms in total. The van der Waals surface area contributed by atoms with Crippen molar-refractivity contribution < 1.29 is 5.11 Å². The largest absolute Gasteiger partial charge is 0.393 e. The minimum atomic E-state index is -0.143. The van der Waals surface area contributed by atoms with Crippen molar-refractivity contribution in [1.29, 1.82) is 0 Å². The van der Waals surface area contributed by atoms with E-state index in [1.807, 2.05) is 12.2 Å². The SMILES string of the molecule is C=CCN(CC=C)CC1CC(C(C)(C)C)CCC1O. The van der Waals surface area contributed by atoms with Crippen LogP contribution in [-0.2, 0) is 0 Å². The quantitative estimate of drug-likeness (QED) is 0.743. The molecule has 2 heteroatoms. The predicted molar refractivity (Wildman–Crippen MR) is 83.1 cm³/mol. The van der Waals surface area contributed by atoms with Crippen molar-refractivity contribution in [3.63, 3.8) is 0 Å². The lowest BCUT2D eigenvalue weighted by Crippen LogP contribution is -2.41. The van der Waals surface area contributed by atoms with Gasteiger partial charge in [0.1, 0.15) is 0 Å². The Hall–Kier alpha value is -0.600. The van der Waals surface area contributed by atoms with Crippen LogP contribution in [0.25, 0.3) is 0 Å². The van der Waals surface area contributed by atoms with E-state index in [1.54, 1.807) is 0 Å². The molecule has 0 aromatic rings. The molecule has 0 aromatic heterocycles. The third kappa shape index (κ3) is 5.12. The average Bonchev–Trinajstić information content (AvgIpc) is 2.31. The molecule has 1 aliphatic rings. The van der Waals surface area contributed by atoms with Crippen molar-refractivity contribution >= 4 is 0 Å². The van der Waals surface area contributed by atoms with E-state index in [-0.39, 0.29) is 6.10 Å². The first kappa shape index (κ1) is 16.5. The Morgan fingerprint density at radius 1 is 1.16 bits per heavy atom. The van der Waals surface area contributed by atoms with Crippen LogP contribution in [-0.4, -0.2) is 35.7 Å². The Balaban J connectivity index is 2.62. The highest BCUT2D eigenvalue weighted by Gasteiger charge is 2.35. The first-order valence-corrected chi connectivity index (χ1v) is 7.50. The van der Waals surface area contributed by atoms with Crippen LogP contribution >= 0.6 is 0 Å². The van der Waals surface area contributed by atoms with Crippen molar-refractivity contribution in [3.05, 3.63) is 25.3 Å². The Morgan fingerprint density at radius 2 is 1.74 bits per heavy atom. The smallest absolute Gasteiger partial charge is 0.0580 e. The number of hydrogen-bond donors (Lipinski definition) is 1. The summed E-state index contributed by atoms with van der Waals surface area (Å²) in [5.74, 6) is 1.10. The topological polar surface area (TPSA) is 23.5 Å². The second-order valence-electron chi connectivity index (χ2n) is 7.00. The van der Waals surface area contributed by atoms with Crippen molar-refractivity contribution in [2.45, 2.75) is 46.1 Å². The Morgan fingerprint density at radius 3 is 2.21 bits per heavy atom. The van der Waals surface area contributed by atoms with Gasteiger partial charge in [-0.15, -0.1) is 13.2 Å². The van der Waals surface area contributed by atoms with Crippen LogP contribution < -0.4 is 0 Å². The summed E-state index contributed by atoms with van der Waals surface area (Å²) in [6.45, 7) is 17.3. The molecule has 0 aromatic carbocycles. The maximum atomic E-state index is 10.3. The molecule has 0 heterocycles. The van der Waals surface area contributed by atoms with Crippen LogP contribution in [0.15, 0.2) is 25.3 Å². The lowest BCUT2D eigenvalue weighted by molar-refractivity contribution is 0.00608. The molecule has 0 aliphatic heterocycles. The third-order valence-corrected chi connectivity index (χ3v) is 4.43. The molecule has 110 valence electrons. The van der Waals surface area contributed by atoms with Crippen LogP contribution in [0.2, 0.25) is 0 Å². The first-order valence-electron chi connectivity index (χ1n) is 7.50. The maximum Gasteiger partial charge on any atom is 0.0580 e. The van der Waals surface area contributed by atoms with E-state index in [4.69, 9.17) is 0 Å². The Bertz CT molecular complexity index is 282. The van der Waals surface area contributed by atoms with Crippen molar-refractivity contribution in [2.75, 3.05) is 19.6 Å². The normalized spacial score (nSPS) is 28.4. The highest BCUT2D eigenvalue weighted by atomic mass is 16.3. The monoisotopic (exact) mass is 265 g/mol. The van der Waals surface area contributed by atoms with Gasteiger partial charge in [0.15, 0.2) is 0 Å². The molecule has 1 N–H and O–H groups in total. The van der Waals surface area contributed by atoms with Crippen molar-refractivity contribution in [1.82, 2.24) is 4.90 Å². The van der Waals surface area contributed by atoms with Crippen molar-refractivity contribution in [3.8, 4) is 0 Å². The zero-order chi connectivity index (χ0) is 14.5. The molecule has 0 bridgehead atoms. The van der Waals surface area contributed by atoms with Gasteiger partial charge in [-0.05, 0) is 36.5 Å². The fraction of sp³-hybridized carbons (Fsp3) is 0.765. The van der Waals surface area contributed by atoms with Crippen molar-refractivity contribution in [2.24, 2.45) is 17.3 Å². The summed E-state index contributed by atoms with van der Waals surface area (Å²) in [5, 5.41) is 10.3. The number of aliphatic hydroxyl groups is 1. The molecule has 1 aliphatic carbocycles. The highest BCUT2D eigenvalue weighted by molar-refractivity contribution is 4.89. The predicted octanol–water partition coefficient (Wildman–Crippen LogP) is 3.48. The van der Waals surface area contributed by atoms with E-state index in [0.717, 1.165) is 44.8 Å². The van der Waals surface area contributed by atoms with Gasteiger partial charge in [-0.25, -0.2) is 0 Å². The van der Waals surface area contributed by atoms with Gasteiger partial charge in [0.2, 0.25) is 0 Å². The number of rotatable bonds is 6. The summed E-state index contributed by atoms with van der Waals surface area (Å²) in [7, 11) is 0. The number of hydrogen-bond acceptors (Lipinski definition) is 2. The standard InChI is InChI=1S/C17H31NO/c1-6-10-18(11-7-2)13-14-12-15(17(3,4)5)8-9-16(14)19/h6-7,14-16,19H,1-2,8-13H2,3-5H3. The molecular weight excluding hydrogens is 234 g/mol. The fourth-order valence-corrected chi connectivity index (χ4v) is 3.15. The molecule has 1 rings (SSSR count). The third-order valence-electron chi connectivity index (χ3n) is 4.43. The van der Waals surface area contributed by atoms with Gasteiger partial charge >= 0.3 is 0 Å². The average molecular weight is 265 g/mol. The van der Waals surface area contributed by atoms with E-state index in [0.29, 0.717) is 11.3 Å². The van der Waals surface area contributed by atoms with Crippen LogP contribution in [0.5, 0.6) is 0 Å². The molecule has 3 atom stereocenters. The van der Waals surface area contributed by atoms with Gasteiger partial charge in [0, 0.05) is 19.6 Å². The fourth-order valence-electron chi connectivity index (χ4n) is 3.15. The zero-order valence-electron chi connectivity index (χ0n) is 12.9. The lowest BCUT2D eigenvalue weighted by atomic mass is 9.68. The van der Waals surface area contributed by atoms with Gasteiger partial charge in [-0.1, -0.05) is 32.9 Å². The minimum Gasteiger partial charge on any atom is -0.393 e. The summed E-state index contributed by atoms with van der Waals surface area (Å²) >= 11 is 0. The molecule has 1 fully saturated rings. The van der Waals surface area contributed by atoms with Gasteiger partial charge in [0.05, 0.1) is 6.10 Å². The summed E-state index contributed by atoms with van der Waals surface area (Å²) in [4.78, 5) is 2.32.